The number of aryl methyl sites for hydroxylation is 1. The fourth-order valence-electron chi connectivity index (χ4n) is 2.12. The van der Waals surface area contributed by atoms with Crippen molar-refractivity contribution < 1.29 is 9.59 Å². The summed E-state index contributed by atoms with van der Waals surface area (Å²) in [6, 6.07) is 14.4. The molecule has 0 heterocycles. The maximum absolute atomic E-state index is 12.0. The van der Waals surface area contributed by atoms with Gasteiger partial charge in [-0.1, -0.05) is 29.3 Å². The molecule has 2 aromatic rings. The summed E-state index contributed by atoms with van der Waals surface area (Å²) in [5.74, 6) is -0.358. The average molecular weight is 346 g/mol. The van der Waals surface area contributed by atoms with Crippen LogP contribution in [0, 0.1) is 6.92 Å². The lowest BCUT2D eigenvalue weighted by Gasteiger charge is -2.16. The van der Waals surface area contributed by atoms with Crippen LogP contribution < -0.4 is 10.6 Å². The van der Waals surface area contributed by atoms with Gasteiger partial charge in [-0.15, -0.1) is 0 Å². The minimum absolute atomic E-state index is 0.115. The van der Waals surface area contributed by atoms with Crippen molar-refractivity contribution in [2.75, 3.05) is 30.8 Å². The second kappa shape index (κ2) is 8.47. The molecule has 0 bridgehead atoms. The Kier molecular flexibility index (Phi) is 6.35. The zero-order valence-corrected chi connectivity index (χ0v) is 14.4. The minimum atomic E-state index is -0.192. The van der Waals surface area contributed by atoms with Crippen molar-refractivity contribution in [2.45, 2.75) is 6.92 Å². The van der Waals surface area contributed by atoms with Crippen LogP contribution in [0.5, 0.6) is 0 Å². The van der Waals surface area contributed by atoms with Crippen LogP contribution in [-0.4, -0.2) is 36.9 Å². The van der Waals surface area contributed by atoms with E-state index in [1.165, 1.54) is 0 Å². The monoisotopic (exact) mass is 345 g/mol. The molecule has 0 atom stereocenters. The lowest BCUT2D eigenvalue weighted by atomic mass is 10.2. The standard InChI is InChI=1S/C18H20ClN3O2/c1-13-3-7-15(8-4-13)20-17(23)11-22(2)12-18(24)21-16-9-5-14(19)6-10-16/h3-10H,11-12H2,1-2H3,(H,20,23)(H,21,24). The molecule has 2 N–H and O–H groups in total. The number of anilines is 2. The molecule has 0 aliphatic heterocycles. The van der Waals surface area contributed by atoms with Crippen LogP contribution in [0.4, 0.5) is 11.4 Å². The van der Waals surface area contributed by atoms with Crippen molar-refractivity contribution in [3.05, 3.63) is 59.1 Å². The van der Waals surface area contributed by atoms with E-state index in [-0.39, 0.29) is 24.9 Å². The highest BCUT2D eigenvalue weighted by Gasteiger charge is 2.11. The second-order valence-corrected chi connectivity index (χ2v) is 6.08. The van der Waals surface area contributed by atoms with E-state index in [0.717, 1.165) is 11.3 Å². The number of nitrogens with zero attached hydrogens (tertiary/aromatic N) is 1. The van der Waals surface area contributed by atoms with Gasteiger partial charge < -0.3 is 10.6 Å². The summed E-state index contributed by atoms with van der Waals surface area (Å²) in [5.41, 5.74) is 2.54. The largest absolute Gasteiger partial charge is 0.325 e. The number of hydrogen-bond donors (Lipinski definition) is 2. The molecule has 2 rings (SSSR count). The SMILES string of the molecule is Cc1ccc(NC(=O)CN(C)CC(=O)Nc2ccc(Cl)cc2)cc1. The summed E-state index contributed by atoms with van der Waals surface area (Å²) in [6.45, 7) is 2.23. The maximum Gasteiger partial charge on any atom is 0.238 e. The molecule has 5 nitrogen and oxygen atoms in total. The average Bonchev–Trinajstić information content (AvgIpc) is 2.51. The van der Waals surface area contributed by atoms with Crippen molar-refractivity contribution in [3.8, 4) is 0 Å². The summed E-state index contributed by atoms with van der Waals surface area (Å²) in [4.78, 5) is 25.6. The highest BCUT2D eigenvalue weighted by molar-refractivity contribution is 6.30. The number of halogens is 1. The van der Waals surface area contributed by atoms with Gasteiger partial charge in [0.15, 0.2) is 0 Å². The Bertz CT molecular complexity index is 638. The van der Waals surface area contributed by atoms with Crippen molar-refractivity contribution >= 4 is 34.8 Å². The van der Waals surface area contributed by atoms with Crippen molar-refractivity contribution in [3.63, 3.8) is 0 Å². The Balaban J connectivity index is 1.78. The van der Waals surface area contributed by atoms with E-state index in [1.807, 2.05) is 31.2 Å². The Morgan fingerprint density at radius 1 is 0.875 bits per heavy atom. The second-order valence-electron chi connectivity index (χ2n) is 5.64. The molecule has 2 amide bonds. The third kappa shape index (κ3) is 6.02. The lowest BCUT2D eigenvalue weighted by Crippen LogP contribution is -2.36. The molecular weight excluding hydrogens is 326 g/mol. The van der Waals surface area contributed by atoms with E-state index in [2.05, 4.69) is 10.6 Å². The molecule has 0 aliphatic carbocycles. The molecule has 6 heteroatoms. The summed E-state index contributed by atoms with van der Waals surface area (Å²) in [5, 5.41) is 6.17. The van der Waals surface area contributed by atoms with E-state index >= 15 is 0 Å². The number of carbonyl (C=O) groups is 2. The topological polar surface area (TPSA) is 61.4 Å². The first-order valence-corrected chi connectivity index (χ1v) is 7.90. The highest BCUT2D eigenvalue weighted by Crippen LogP contribution is 2.13. The predicted octanol–water partition coefficient (Wildman–Crippen LogP) is 3.16. The number of benzene rings is 2. The van der Waals surface area contributed by atoms with Crippen LogP contribution in [0.15, 0.2) is 48.5 Å². The molecule has 0 unspecified atom stereocenters. The molecular formula is C18H20ClN3O2. The molecule has 24 heavy (non-hydrogen) atoms. The Morgan fingerprint density at radius 2 is 1.29 bits per heavy atom. The third-order valence-corrected chi connectivity index (χ3v) is 3.54. The fraction of sp³-hybridized carbons (Fsp3) is 0.222. The van der Waals surface area contributed by atoms with Gasteiger partial charge in [0.05, 0.1) is 13.1 Å². The van der Waals surface area contributed by atoms with Crippen LogP contribution in [-0.2, 0) is 9.59 Å². The van der Waals surface area contributed by atoms with Gasteiger partial charge in [-0.05, 0) is 50.4 Å². The van der Waals surface area contributed by atoms with E-state index in [9.17, 15) is 9.59 Å². The van der Waals surface area contributed by atoms with Crippen molar-refractivity contribution in [2.24, 2.45) is 0 Å². The van der Waals surface area contributed by atoms with E-state index in [0.29, 0.717) is 10.7 Å². The van der Waals surface area contributed by atoms with Crippen LogP contribution in [0.25, 0.3) is 0 Å². The summed E-state index contributed by atoms with van der Waals surface area (Å²) >= 11 is 5.80. The van der Waals surface area contributed by atoms with Gasteiger partial charge in [0, 0.05) is 16.4 Å². The van der Waals surface area contributed by atoms with Gasteiger partial charge in [0.1, 0.15) is 0 Å². The van der Waals surface area contributed by atoms with Gasteiger partial charge in [0.2, 0.25) is 11.8 Å². The number of nitrogens with one attached hydrogen (secondary N) is 2. The van der Waals surface area contributed by atoms with Gasteiger partial charge in [-0.25, -0.2) is 0 Å². The quantitative estimate of drug-likeness (QED) is 0.845. The molecule has 0 saturated heterocycles. The van der Waals surface area contributed by atoms with Gasteiger partial charge in [0.25, 0.3) is 0 Å². The number of amides is 2. The first kappa shape index (κ1) is 18.0. The van der Waals surface area contributed by atoms with Crippen molar-refractivity contribution in [1.29, 1.82) is 0 Å². The smallest absolute Gasteiger partial charge is 0.238 e. The van der Waals surface area contributed by atoms with Crippen molar-refractivity contribution in [1.82, 2.24) is 4.90 Å². The van der Waals surface area contributed by atoms with E-state index in [4.69, 9.17) is 11.6 Å². The third-order valence-electron chi connectivity index (χ3n) is 3.29. The fourth-order valence-corrected chi connectivity index (χ4v) is 2.24. The minimum Gasteiger partial charge on any atom is -0.325 e. The number of rotatable bonds is 6. The normalized spacial score (nSPS) is 10.5. The van der Waals surface area contributed by atoms with Gasteiger partial charge >= 0.3 is 0 Å². The molecule has 0 radical (unpaired) electrons. The molecule has 0 aliphatic rings. The first-order valence-electron chi connectivity index (χ1n) is 7.53. The summed E-state index contributed by atoms with van der Waals surface area (Å²) in [7, 11) is 1.72. The number of carbonyl (C=O) groups excluding carboxylic acids is 2. The summed E-state index contributed by atoms with van der Waals surface area (Å²) < 4.78 is 0. The zero-order valence-electron chi connectivity index (χ0n) is 13.7. The van der Waals surface area contributed by atoms with E-state index in [1.54, 1.807) is 36.2 Å². The molecule has 2 aromatic carbocycles. The molecule has 126 valence electrons. The molecule has 0 aromatic heterocycles. The zero-order chi connectivity index (χ0) is 17.5. The number of likely N-dealkylation sites (N-methyl/N-ethyl adjacent to an activating group) is 1. The van der Waals surface area contributed by atoms with Gasteiger partial charge in [-0.2, -0.15) is 0 Å². The Hall–Kier alpha value is -2.37. The van der Waals surface area contributed by atoms with Gasteiger partial charge in [-0.3, -0.25) is 14.5 Å². The Labute approximate surface area is 146 Å². The van der Waals surface area contributed by atoms with Crippen LogP contribution >= 0.6 is 11.6 Å². The highest BCUT2D eigenvalue weighted by atomic mass is 35.5. The molecule has 0 saturated carbocycles. The Morgan fingerprint density at radius 3 is 1.75 bits per heavy atom. The number of hydrogen-bond acceptors (Lipinski definition) is 3. The van der Waals surface area contributed by atoms with Crippen LogP contribution in [0.2, 0.25) is 5.02 Å². The summed E-state index contributed by atoms with van der Waals surface area (Å²) in [6.07, 6.45) is 0. The first-order chi connectivity index (χ1) is 11.4. The molecule has 0 spiro atoms. The maximum atomic E-state index is 12.0. The molecule has 0 fully saturated rings. The van der Waals surface area contributed by atoms with E-state index < -0.39 is 0 Å². The van der Waals surface area contributed by atoms with Crippen LogP contribution in [0.3, 0.4) is 0 Å². The predicted molar refractivity (Wildman–Crippen MR) is 97.4 cm³/mol. The van der Waals surface area contributed by atoms with Crippen LogP contribution in [0.1, 0.15) is 5.56 Å². The lowest BCUT2D eigenvalue weighted by molar-refractivity contribution is -0.119.